The van der Waals surface area contributed by atoms with Gasteiger partial charge in [0.05, 0.1) is 0 Å². The number of halogens is 3. The average Bonchev–Trinajstić information content (AvgIpc) is 2.75. The molecule has 2 heterocycles. The molecule has 0 aliphatic rings. The molecular weight excluding hydrogens is 247 g/mol. The van der Waals surface area contributed by atoms with E-state index in [0.29, 0.717) is 12.2 Å². The third-order valence-electron chi connectivity index (χ3n) is 2.05. The van der Waals surface area contributed by atoms with Gasteiger partial charge in [-0.1, -0.05) is 6.07 Å². The summed E-state index contributed by atoms with van der Waals surface area (Å²) in [6.45, 7) is -1.16. The lowest BCUT2D eigenvalue weighted by molar-refractivity contribution is -0.115. The fourth-order valence-corrected chi connectivity index (χ4v) is 1.31. The topological polar surface area (TPSA) is 66.5 Å². The van der Waals surface area contributed by atoms with Crippen molar-refractivity contribution in [1.29, 1.82) is 0 Å². The summed E-state index contributed by atoms with van der Waals surface area (Å²) in [7, 11) is 0. The van der Waals surface area contributed by atoms with Crippen LogP contribution in [0.1, 0.15) is 11.5 Å². The predicted molar refractivity (Wildman–Crippen MR) is 58.0 cm³/mol. The molecule has 0 amide bonds. The third kappa shape index (κ3) is 3.72. The van der Waals surface area contributed by atoms with Crippen LogP contribution in [0.4, 0.5) is 19.1 Å². The molecule has 0 spiro atoms. The highest BCUT2D eigenvalue weighted by atomic mass is 19.4. The monoisotopic (exact) mass is 257 g/mol. The lowest BCUT2D eigenvalue weighted by Crippen LogP contribution is -2.21. The molecule has 0 aliphatic heterocycles. The molecule has 8 heteroatoms. The van der Waals surface area contributed by atoms with Crippen LogP contribution in [0, 0.1) is 0 Å². The van der Waals surface area contributed by atoms with E-state index < -0.39 is 12.7 Å². The fourth-order valence-electron chi connectivity index (χ4n) is 1.31. The largest absolute Gasteiger partial charge is 0.405 e. The first-order valence-corrected chi connectivity index (χ1v) is 5.15. The first-order chi connectivity index (χ1) is 8.53. The predicted octanol–water partition coefficient (Wildman–Crippen LogP) is 1.76. The molecule has 2 rings (SSSR count). The van der Waals surface area contributed by atoms with Gasteiger partial charge in [0.25, 0.3) is 0 Å². The van der Waals surface area contributed by atoms with Crippen LogP contribution >= 0.6 is 0 Å². The van der Waals surface area contributed by atoms with Crippen LogP contribution < -0.4 is 5.32 Å². The Labute approximate surface area is 100 Å². The molecule has 5 nitrogen and oxygen atoms in total. The summed E-state index contributed by atoms with van der Waals surface area (Å²) in [4.78, 5) is 7.97. The summed E-state index contributed by atoms with van der Waals surface area (Å²) in [5.41, 5.74) is 0.760. The molecule has 0 unspecified atom stereocenters. The van der Waals surface area contributed by atoms with E-state index in [1.165, 1.54) is 0 Å². The molecular formula is C10H10F3N5. The van der Waals surface area contributed by atoms with Crippen molar-refractivity contribution >= 4 is 5.95 Å². The van der Waals surface area contributed by atoms with Gasteiger partial charge in [0.2, 0.25) is 5.95 Å². The molecule has 0 aliphatic carbocycles. The highest BCUT2D eigenvalue weighted by molar-refractivity contribution is 5.24. The maximum Gasteiger partial charge on any atom is 0.405 e. The smallest absolute Gasteiger partial charge is 0.344 e. The Bertz CT molecular complexity index is 494. The highest BCUT2D eigenvalue weighted by Gasteiger charge is 2.27. The number of pyridine rings is 1. The number of rotatable bonds is 4. The third-order valence-corrected chi connectivity index (χ3v) is 2.05. The summed E-state index contributed by atoms with van der Waals surface area (Å²) >= 11 is 0. The van der Waals surface area contributed by atoms with Gasteiger partial charge in [-0.3, -0.25) is 10.1 Å². The number of alkyl halides is 3. The van der Waals surface area contributed by atoms with Gasteiger partial charge in [-0.2, -0.15) is 18.2 Å². The molecule has 2 N–H and O–H groups in total. The molecule has 0 saturated heterocycles. The summed E-state index contributed by atoms with van der Waals surface area (Å²) in [5, 5.41) is 8.29. The number of nitrogens with one attached hydrogen (secondary N) is 2. The summed E-state index contributed by atoms with van der Waals surface area (Å²) < 4.78 is 35.9. The number of aromatic nitrogens is 4. The van der Waals surface area contributed by atoms with Gasteiger partial charge in [0, 0.05) is 18.3 Å². The maximum atomic E-state index is 12.0. The first kappa shape index (κ1) is 12.3. The van der Waals surface area contributed by atoms with Crippen LogP contribution in [-0.2, 0) is 6.42 Å². The van der Waals surface area contributed by atoms with E-state index >= 15 is 0 Å². The summed E-state index contributed by atoms with van der Waals surface area (Å²) in [6, 6.07) is 5.40. The molecule has 0 radical (unpaired) electrons. The van der Waals surface area contributed by atoms with Crippen molar-refractivity contribution in [2.45, 2.75) is 12.6 Å². The maximum absolute atomic E-state index is 12.0. The molecule has 0 saturated carbocycles. The van der Waals surface area contributed by atoms with Crippen molar-refractivity contribution in [2.75, 3.05) is 11.9 Å². The zero-order chi connectivity index (χ0) is 13.0. The Morgan fingerprint density at radius 1 is 1.28 bits per heavy atom. The van der Waals surface area contributed by atoms with Crippen molar-refractivity contribution in [2.24, 2.45) is 0 Å². The van der Waals surface area contributed by atoms with E-state index in [9.17, 15) is 13.2 Å². The molecule has 2 aromatic heterocycles. The number of nitrogens with zero attached hydrogens (tertiary/aromatic N) is 3. The second-order valence-corrected chi connectivity index (χ2v) is 3.57. The Balaban J connectivity index is 1.94. The molecule has 0 bridgehead atoms. The standard InChI is InChI=1S/C10H10F3N5/c11-10(12,13)6-15-9-16-8(17-18-9)5-7-3-1-2-4-14-7/h1-4H,5-6H2,(H2,15,16,17,18). The van der Waals surface area contributed by atoms with Crippen LogP contribution in [-0.4, -0.2) is 32.9 Å². The van der Waals surface area contributed by atoms with Crippen LogP contribution in [0.15, 0.2) is 24.4 Å². The van der Waals surface area contributed by atoms with Gasteiger partial charge >= 0.3 is 6.18 Å². The Kier molecular flexibility index (Phi) is 3.45. The normalized spacial score (nSPS) is 11.5. The van der Waals surface area contributed by atoms with Crippen LogP contribution in [0.25, 0.3) is 0 Å². The van der Waals surface area contributed by atoms with Crippen LogP contribution in [0.3, 0.4) is 0 Å². The second kappa shape index (κ2) is 5.03. The lowest BCUT2D eigenvalue weighted by Gasteiger charge is -2.05. The number of hydrogen-bond donors (Lipinski definition) is 2. The number of H-pyrrole nitrogens is 1. The van der Waals surface area contributed by atoms with Crippen LogP contribution in [0.5, 0.6) is 0 Å². The number of aromatic amines is 1. The number of hydrogen-bond acceptors (Lipinski definition) is 4. The van der Waals surface area contributed by atoms with Crippen molar-refractivity contribution in [3.05, 3.63) is 35.9 Å². The molecule has 18 heavy (non-hydrogen) atoms. The van der Waals surface area contributed by atoms with E-state index in [0.717, 1.165) is 5.69 Å². The molecule has 0 atom stereocenters. The summed E-state index contributed by atoms with van der Waals surface area (Å²) in [5.74, 6) is 0.386. The molecule has 0 aromatic carbocycles. The van der Waals surface area contributed by atoms with Crippen molar-refractivity contribution in [1.82, 2.24) is 20.2 Å². The van der Waals surface area contributed by atoms with E-state index in [1.54, 1.807) is 18.3 Å². The summed E-state index contributed by atoms with van der Waals surface area (Å²) in [6.07, 6.45) is -2.27. The molecule has 96 valence electrons. The first-order valence-electron chi connectivity index (χ1n) is 5.15. The fraction of sp³-hybridized carbons (Fsp3) is 0.300. The van der Waals surface area contributed by atoms with E-state index in [4.69, 9.17) is 0 Å². The Morgan fingerprint density at radius 3 is 2.78 bits per heavy atom. The van der Waals surface area contributed by atoms with Crippen molar-refractivity contribution in [3.63, 3.8) is 0 Å². The van der Waals surface area contributed by atoms with Crippen molar-refractivity contribution < 1.29 is 13.2 Å². The quantitative estimate of drug-likeness (QED) is 0.876. The highest BCUT2D eigenvalue weighted by Crippen LogP contribution is 2.14. The van der Waals surface area contributed by atoms with Crippen LogP contribution in [0.2, 0.25) is 0 Å². The van der Waals surface area contributed by atoms with Gasteiger partial charge in [-0.05, 0) is 12.1 Å². The average molecular weight is 257 g/mol. The van der Waals surface area contributed by atoms with Gasteiger partial charge < -0.3 is 5.32 Å². The molecule has 0 fully saturated rings. The number of anilines is 1. The SMILES string of the molecule is FC(F)(F)CNc1n[nH]c(Cc2ccccn2)n1. The van der Waals surface area contributed by atoms with Gasteiger partial charge in [-0.25, -0.2) is 0 Å². The van der Waals surface area contributed by atoms with Gasteiger partial charge in [0.1, 0.15) is 12.4 Å². The lowest BCUT2D eigenvalue weighted by atomic mass is 10.3. The van der Waals surface area contributed by atoms with E-state index in [-0.39, 0.29) is 5.95 Å². The van der Waals surface area contributed by atoms with Gasteiger partial charge in [0.15, 0.2) is 0 Å². The zero-order valence-corrected chi connectivity index (χ0v) is 9.20. The van der Waals surface area contributed by atoms with Crippen molar-refractivity contribution in [3.8, 4) is 0 Å². The minimum absolute atomic E-state index is 0.0711. The minimum Gasteiger partial charge on any atom is -0.344 e. The zero-order valence-electron chi connectivity index (χ0n) is 9.20. The second-order valence-electron chi connectivity index (χ2n) is 3.57. The van der Waals surface area contributed by atoms with Gasteiger partial charge in [-0.15, -0.1) is 5.10 Å². The van der Waals surface area contributed by atoms with E-state index in [1.807, 2.05) is 6.07 Å². The Hall–Kier alpha value is -2.12. The Morgan fingerprint density at radius 2 is 2.11 bits per heavy atom. The van der Waals surface area contributed by atoms with E-state index in [2.05, 4.69) is 25.5 Å². The minimum atomic E-state index is -4.29. The molecule has 2 aromatic rings.